The van der Waals surface area contributed by atoms with Gasteiger partial charge in [0.05, 0.1) is 7.11 Å². The number of nitrogens with one attached hydrogen (secondary N) is 1. The number of methoxy groups -OCH3 is 1. The number of benzene rings is 1. The Balaban J connectivity index is 2.18. The minimum atomic E-state index is -0.266. The van der Waals surface area contributed by atoms with E-state index in [0.29, 0.717) is 11.7 Å². The van der Waals surface area contributed by atoms with Crippen LogP contribution in [0.3, 0.4) is 0 Å². The zero-order valence-corrected chi connectivity index (χ0v) is 12.8. The minimum Gasteiger partial charge on any atom is -0.494 e. The van der Waals surface area contributed by atoms with Crippen LogP contribution in [0.15, 0.2) is 18.2 Å². The molecule has 0 bridgehead atoms. The molecule has 0 aliphatic heterocycles. The maximum absolute atomic E-state index is 13.9. The summed E-state index contributed by atoms with van der Waals surface area (Å²) in [6.07, 6.45) is 5.06. The minimum absolute atomic E-state index is 0.261. The van der Waals surface area contributed by atoms with E-state index in [2.05, 4.69) is 19.2 Å². The summed E-state index contributed by atoms with van der Waals surface area (Å²) in [6, 6.07) is 5.62. The molecule has 1 saturated carbocycles. The molecule has 20 heavy (non-hydrogen) atoms. The first-order valence-corrected chi connectivity index (χ1v) is 7.76. The van der Waals surface area contributed by atoms with Crippen molar-refractivity contribution in [2.24, 2.45) is 11.8 Å². The standard InChI is InChI=1S/C17H26FNO/c1-4-12-6-7-13(10-12)17(19-5-2)14-8-9-16(20-3)15(18)11-14/h8-9,11-13,17,19H,4-7,10H2,1-3H3. The second-order valence-electron chi connectivity index (χ2n) is 5.78. The summed E-state index contributed by atoms with van der Waals surface area (Å²) >= 11 is 0. The largest absolute Gasteiger partial charge is 0.494 e. The molecule has 112 valence electrons. The molecule has 0 aromatic heterocycles. The normalized spacial score (nSPS) is 23.8. The van der Waals surface area contributed by atoms with Gasteiger partial charge in [0.2, 0.25) is 0 Å². The fourth-order valence-electron chi connectivity index (χ4n) is 3.44. The van der Waals surface area contributed by atoms with Crippen LogP contribution in [0, 0.1) is 17.7 Å². The summed E-state index contributed by atoms with van der Waals surface area (Å²) in [7, 11) is 1.50. The van der Waals surface area contributed by atoms with Crippen LogP contribution in [0.2, 0.25) is 0 Å². The van der Waals surface area contributed by atoms with Crippen LogP contribution in [-0.2, 0) is 0 Å². The average Bonchev–Trinajstić information content (AvgIpc) is 2.93. The number of halogens is 1. The molecular formula is C17H26FNO. The Morgan fingerprint density at radius 1 is 1.35 bits per heavy atom. The van der Waals surface area contributed by atoms with Crippen LogP contribution in [-0.4, -0.2) is 13.7 Å². The molecule has 0 saturated heterocycles. The zero-order valence-electron chi connectivity index (χ0n) is 12.8. The van der Waals surface area contributed by atoms with Crippen molar-refractivity contribution in [2.75, 3.05) is 13.7 Å². The monoisotopic (exact) mass is 279 g/mol. The first kappa shape index (κ1) is 15.3. The summed E-state index contributed by atoms with van der Waals surface area (Å²) < 4.78 is 18.9. The van der Waals surface area contributed by atoms with Gasteiger partial charge in [-0.1, -0.05) is 32.8 Å². The second kappa shape index (κ2) is 7.07. The van der Waals surface area contributed by atoms with Crippen molar-refractivity contribution < 1.29 is 9.13 Å². The van der Waals surface area contributed by atoms with Crippen molar-refractivity contribution in [2.45, 2.75) is 45.6 Å². The highest BCUT2D eigenvalue weighted by molar-refractivity contribution is 5.31. The summed E-state index contributed by atoms with van der Waals surface area (Å²) in [5.41, 5.74) is 1.05. The van der Waals surface area contributed by atoms with Crippen LogP contribution in [0.5, 0.6) is 5.75 Å². The molecule has 1 fully saturated rings. The number of ether oxygens (including phenoxy) is 1. The second-order valence-corrected chi connectivity index (χ2v) is 5.78. The molecule has 2 nitrogen and oxygen atoms in total. The Kier molecular flexibility index (Phi) is 5.41. The van der Waals surface area contributed by atoms with E-state index in [-0.39, 0.29) is 11.9 Å². The summed E-state index contributed by atoms with van der Waals surface area (Å²) in [5.74, 6) is 1.51. The van der Waals surface area contributed by atoms with Gasteiger partial charge in [-0.25, -0.2) is 4.39 Å². The molecule has 0 radical (unpaired) electrons. The van der Waals surface area contributed by atoms with E-state index in [4.69, 9.17) is 4.74 Å². The molecule has 0 heterocycles. The molecule has 3 heteroatoms. The molecule has 0 amide bonds. The van der Waals surface area contributed by atoms with Gasteiger partial charge in [0.15, 0.2) is 11.6 Å². The predicted octanol–water partition coefficient (Wildman–Crippen LogP) is 4.31. The third kappa shape index (κ3) is 3.32. The third-order valence-electron chi connectivity index (χ3n) is 4.59. The highest BCUT2D eigenvalue weighted by atomic mass is 19.1. The molecule has 0 spiro atoms. The number of rotatable bonds is 6. The highest BCUT2D eigenvalue weighted by Gasteiger charge is 2.30. The lowest BCUT2D eigenvalue weighted by atomic mass is 9.90. The van der Waals surface area contributed by atoms with Crippen molar-refractivity contribution in [1.29, 1.82) is 0 Å². The van der Waals surface area contributed by atoms with Crippen molar-refractivity contribution in [3.05, 3.63) is 29.6 Å². The molecule has 1 aromatic carbocycles. The molecule has 2 rings (SSSR count). The maximum atomic E-state index is 13.9. The molecule has 1 N–H and O–H groups in total. The average molecular weight is 279 g/mol. The van der Waals surface area contributed by atoms with Gasteiger partial charge in [-0.3, -0.25) is 0 Å². The number of hydrogen-bond donors (Lipinski definition) is 1. The SMILES string of the molecule is CCNC(c1ccc(OC)c(F)c1)C1CCC(CC)C1. The maximum Gasteiger partial charge on any atom is 0.165 e. The molecule has 3 unspecified atom stereocenters. The van der Waals surface area contributed by atoms with Gasteiger partial charge in [0.25, 0.3) is 0 Å². The fraction of sp³-hybridized carbons (Fsp3) is 0.647. The van der Waals surface area contributed by atoms with Crippen LogP contribution < -0.4 is 10.1 Å². The van der Waals surface area contributed by atoms with Crippen LogP contribution in [0.1, 0.15) is 51.1 Å². The van der Waals surface area contributed by atoms with Gasteiger partial charge in [-0.05, 0) is 48.9 Å². The molecule has 1 aliphatic carbocycles. The van der Waals surface area contributed by atoms with Gasteiger partial charge in [0.1, 0.15) is 0 Å². The van der Waals surface area contributed by atoms with Crippen LogP contribution in [0.4, 0.5) is 4.39 Å². The Morgan fingerprint density at radius 3 is 2.70 bits per heavy atom. The van der Waals surface area contributed by atoms with Gasteiger partial charge >= 0.3 is 0 Å². The highest BCUT2D eigenvalue weighted by Crippen LogP contribution is 2.40. The third-order valence-corrected chi connectivity index (χ3v) is 4.59. The van der Waals surface area contributed by atoms with E-state index < -0.39 is 0 Å². The van der Waals surface area contributed by atoms with Gasteiger partial charge in [0, 0.05) is 6.04 Å². The predicted molar refractivity (Wildman–Crippen MR) is 80.5 cm³/mol. The molecule has 3 atom stereocenters. The van der Waals surface area contributed by atoms with Crippen molar-refractivity contribution in [1.82, 2.24) is 5.32 Å². The van der Waals surface area contributed by atoms with E-state index in [0.717, 1.165) is 18.0 Å². The van der Waals surface area contributed by atoms with Gasteiger partial charge < -0.3 is 10.1 Å². The van der Waals surface area contributed by atoms with Crippen LogP contribution in [0.25, 0.3) is 0 Å². The van der Waals surface area contributed by atoms with Crippen molar-refractivity contribution in [3.8, 4) is 5.75 Å². The lowest BCUT2D eigenvalue weighted by Gasteiger charge is -2.25. The smallest absolute Gasteiger partial charge is 0.165 e. The van der Waals surface area contributed by atoms with E-state index in [9.17, 15) is 4.39 Å². The summed E-state index contributed by atoms with van der Waals surface area (Å²) in [4.78, 5) is 0. The number of hydrogen-bond acceptors (Lipinski definition) is 2. The van der Waals surface area contributed by atoms with Crippen molar-refractivity contribution in [3.63, 3.8) is 0 Å². The van der Waals surface area contributed by atoms with Crippen LogP contribution >= 0.6 is 0 Å². The van der Waals surface area contributed by atoms with E-state index in [1.807, 2.05) is 6.07 Å². The van der Waals surface area contributed by atoms with Gasteiger partial charge in [-0.15, -0.1) is 0 Å². The van der Waals surface area contributed by atoms with E-state index in [1.165, 1.54) is 32.8 Å². The first-order valence-electron chi connectivity index (χ1n) is 7.76. The van der Waals surface area contributed by atoms with E-state index >= 15 is 0 Å². The molecule has 1 aliphatic rings. The summed E-state index contributed by atoms with van der Waals surface area (Å²) in [6.45, 7) is 5.28. The Labute approximate surface area is 121 Å². The lowest BCUT2D eigenvalue weighted by molar-refractivity contribution is 0.354. The van der Waals surface area contributed by atoms with E-state index in [1.54, 1.807) is 12.1 Å². The summed E-state index contributed by atoms with van der Waals surface area (Å²) in [5, 5.41) is 3.54. The first-order chi connectivity index (χ1) is 9.69. The lowest BCUT2D eigenvalue weighted by Crippen LogP contribution is -2.27. The Hall–Kier alpha value is -1.09. The fourth-order valence-corrected chi connectivity index (χ4v) is 3.44. The topological polar surface area (TPSA) is 21.3 Å². The quantitative estimate of drug-likeness (QED) is 0.837. The zero-order chi connectivity index (χ0) is 14.5. The molecular weight excluding hydrogens is 253 g/mol. The Bertz CT molecular complexity index is 435. The van der Waals surface area contributed by atoms with Crippen molar-refractivity contribution >= 4 is 0 Å². The molecule has 1 aromatic rings. The van der Waals surface area contributed by atoms with Gasteiger partial charge in [-0.2, -0.15) is 0 Å². The Morgan fingerprint density at radius 2 is 2.15 bits per heavy atom.